The molecular formula is C10H10ClNO4S. The van der Waals surface area contributed by atoms with Crippen molar-refractivity contribution in [2.45, 2.75) is 23.5 Å². The normalized spacial score (nSPS) is 12.1. The van der Waals surface area contributed by atoms with Crippen molar-refractivity contribution < 1.29 is 14.8 Å². The largest absolute Gasteiger partial charge is 0.480 e. The van der Waals surface area contributed by atoms with Gasteiger partial charge in [0.2, 0.25) is 0 Å². The van der Waals surface area contributed by atoms with Crippen molar-refractivity contribution >= 4 is 35.0 Å². The third-order valence-corrected chi connectivity index (χ3v) is 3.69. The van der Waals surface area contributed by atoms with Gasteiger partial charge < -0.3 is 5.11 Å². The van der Waals surface area contributed by atoms with E-state index in [2.05, 4.69) is 0 Å². The van der Waals surface area contributed by atoms with Crippen molar-refractivity contribution in [3.05, 3.63) is 33.3 Å². The molecule has 0 aliphatic heterocycles. The molecule has 0 aliphatic carbocycles. The highest BCUT2D eigenvalue weighted by molar-refractivity contribution is 8.00. The standard InChI is InChI=1S/C10H10ClNO4S/c1-2-8(10(13)14)17-9-4-3-6(11)5-7(9)12(15)16/h3-5,8H,2H2,1H3,(H,13,14). The number of rotatable bonds is 5. The summed E-state index contributed by atoms with van der Waals surface area (Å²) in [6.45, 7) is 1.72. The molecule has 0 aliphatic rings. The van der Waals surface area contributed by atoms with E-state index in [4.69, 9.17) is 16.7 Å². The summed E-state index contributed by atoms with van der Waals surface area (Å²) in [7, 11) is 0. The molecule has 1 aromatic carbocycles. The summed E-state index contributed by atoms with van der Waals surface area (Å²) in [5.74, 6) is -0.984. The van der Waals surface area contributed by atoms with E-state index in [1.54, 1.807) is 6.92 Å². The molecule has 7 heteroatoms. The highest BCUT2D eigenvalue weighted by atomic mass is 35.5. The Hall–Kier alpha value is -1.27. The zero-order chi connectivity index (χ0) is 13.0. The molecule has 1 atom stereocenters. The highest BCUT2D eigenvalue weighted by Gasteiger charge is 2.22. The number of hydrogen-bond donors (Lipinski definition) is 1. The lowest BCUT2D eigenvalue weighted by Gasteiger charge is -2.09. The van der Waals surface area contributed by atoms with E-state index >= 15 is 0 Å². The lowest BCUT2D eigenvalue weighted by atomic mass is 10.3. The molecule has 0 bridgehead atoms. The van der Waals surface area contributed by atoms with Crippen molar-refractivity contribution in [1.29, 1.82) is 0 Å². The second kappa shape index (κ2) is 5.88. The van der Waals surface area contributed by atoms with Crippen LogP contribution in [0, 0.1) is 10.1 Å². The van der Waals surface area contributed by atoms with Gasteiger partial charge >= 0.3 is 5.97 Å². The molecule has 0 aromatic heterocycles. The third-order valence-electron chi connectivity index (χ3n) is 2.03. The second-order valence-electron chi connectivity index (χ2n) is 3.22. The van der Waals surface area contributed by atoms with E-state index < -0.39 is 16.1 Å². The maximum Gasteiger partial charge on any atom is 0.316 e. The SMILES string of the molecule is CCC(Sc1ccc(Cl)cc1[N+](=O)[O-])C(=O)O. The van der Waals surface area contributed by atoms with Crippen LogP contribution in [0.5, 0.6) is 0 Å². The van der Waals surface area contributed by atoms with Crippen LogP contribution in [0.15, 0.2) is 23.1 Å². The topological polar surface area (TPSA) is 80.4 Å². The molecule has 0 spiro atoms. The van der Waals surface area contributed by atoms with E-state index in [0.29, 0.717) is 11.3 Å². The summed E-state index contributed by atoms with van der Waals surface area (Å²) in [6.07, 6.45) is 0.389. The van der Waals surface area contributed by atoms with Gasteiger partial charge in [-0.15, -0.1) is 11.8 Å². The van der Waals surface area contributed by atoms with Gasteiger partial charge in [-0.3, -0.25) is 14.9 Å². The molecule has 1 unspecified atom stereocenters. The lowest BCUT2D eigenvalue weighted by molar-refractivity contribution is -0.387. The number of nitrogens with zero attached hydrogens (tertiary/aromatic N) is 1. The fourth-order valence-corrected chi connectivity index (χ4v) is 2.34. The number of nitro groups is 1. The van der Waals surface area contributed by atoms with E-state index in [1.807, 2.05) is 0 Å². The summed E-state index contributed by atoms with van der Waals surface area (Å²) in [5, 5.41) is 19.3. The molecule has 92 valence electrons. The van der Waals surface area contributed by atoms with Gasteiger partial charge in [0.15, 0.2) is 0 Å². The minimum absolute atomic E-state index is 0.165. The fraction of sp³-hybridized carbons (Fsp3) is 0.300. The molecule has 1 rings (SSSR count). The molecule has 1 N–H and O–H groups in total. The first-order valence-corrected chi connectivity index (χ1v) is 6.04. The van der Waals surface area contributed by atoms with Gasteiger partial charge in [-0.25, -0.2) is 0 Å². The Morgan fingerprint density at radius 2 is 2.29 bits per heavy atom. The number of halogens is 1. The minimum atomic E-state index is -0.984. The van der Waals surface area contributed by atoms with Crippen LogP contribution in [-0.4, -0.2) is 21.2 Å². The summed E-state index contributed by atoms with van der Waals surface area (Å²) in [5.41, 5.74) is -0.165. The van der Waals surface area contributed by atoms with Crippen LogP contribution < -0.4 is 0 Å². The summed E-state index contributed by atoms with van der Waals surface area (Å²) >= 11 is 6.62. The maximum atomic E-state index is 10.9. The van der Waals surface area contributed by atoms with Gasteiger partial charge in [0, 0.05) is 11.1 Å². The molecule has 0 heterocycles. The molecular weight excluding hydrogens is 266 g/mol. The number of aliphatic carboxylic acids is 1. The van der Waals surface area contributed by atoms with Gasteiger partial charge in [0.25, 0.3) is 5.69 Å². The Labute approximate surface area is 107 Å². The summed E-state index contributed by atoms with van der Waals surface area (Å²) in [6, 6.07) is 4.20. The van der Waals surface area contributed by atoms with Gasteiger partial charge in [-0.05, 0) is 18.6 Å². The Bertz CT molecular complexity index is 452. The monoisotopic (exact) mass is 275 g/mol. The van der Waals surface area contributed by atoms with Crippen molar-refractivity contribution in [1.82, 2.24) is 0 Å². The molecule has 0 saturated heterocycles. The molecule has 5 nitrogen and oxygen atoms in total. The highest BCUT2D eigenvalue weighted by Crippen LogP contribution is 2.35. The summed E-state index contributed by atoms with van der Waals surface area (Å²) < 4.78 is 0. The quantitative estimate of drug-likeness (QED) is 0.507. The van der Waals surface area contributed by atoms with Crippen LogP contribution in [0.2, 0.25) is 5.02 Å². The molecule has 0 amide bonds. The predicted octanol–water partition coefficient (Wildman–Crippen LogP) is 3.20. The van der Waals surface area contributed by atoms with E-state index in [9.17, 15) is 14.9 Å². The van der Waals surface area contributed by atoms with Crippen LogP contribution in [-0.2, 0) is 4.79 Å². The van der Waals surface area contributed by atoms with E-state index in [-0.39, 0.29) is 10.7 Å². The lowest BCUT2D eigenvalue weighted by Crippen LogP contribution is -2.14. The smallest absolute Gasteiger partial charge is 0.316 e. The number of carboxylic acids is 1. The van der Waals surface area contributed by atoms with Crippen LogP contribution in [0.1, 0.15) is 13.3 Å². The number of thioether (sulfide) groups is 1. The number of hydrogen-bond acceptors (Lipinski definition) is 4. The average molecular weight is 276 g/mol. The molecule has 0 saturated carbocycles. The second-order valence-corrected chi connectivity index (χ2v) is 4.90. The molecule has 1 aromatic rings. The van der Waals surface area contributed by atoms with Crippen molar-refractivity contribution in [3.8, 4) is 0 Å². The first-order valence-electron chi connectivity index (χ1n) is 4.79. The minimum Gasteiger partial charge on any atom is -0.480 e. The number of carboxylic acid groups (broad SMARTS) is 1. The third kappa shape index (κ3) is 3.61. The van der Waals surface area contributed by atoms with Crippen LogP contribution in [0.4, 0.5) is 5.69 Å². The van der Waals surface area contributed by atoms with Gasteiger partial charge in [0.05, 0.1) is 9.82 Å². The van der Waals surface area contributed by atoms with Gasteiger partial charge in [-0.2, -0.15) is 0 Å². The zero-order valence-electron chi connectivity index (χ0n) is 8.92. The maximum absolute atomic E-state index is 10.9. The number of carbonyl (C=O) groups is 1. The van der Waals surface area contributed by atoms with Crippen molar-refractivity contribution in [2.75, 3.05) is 0 Å². The Balaban J connectivity index is 3.05. The van der Waals surface area contributed by atoms with E-state index in [1.165, 1.54) is 18.2 Å². The van der Waals surface area contributed by atoms with Gasteiger partial charge in [0.1, 0.15) is 5.25 Å². The predicted molar refractivity (Wildman–Crippen MR) is 65.7 cm³/mol. The van der Waals surface area contributed by atoms with Gasteiger partial charge in [-0.1, -0.05) is 18.5 Å². The Morgan fingerprint density at radius 1 is 1.65 bits per heavy atom. The van der Waals surface area contributed by atoms with Crippen LogP contribution in [0.25, 0.3) is 0 Å². The summed E-state index contributed by atoms with van der Waals surface area (Å²) in [4.78, 5) is 21.4. The fourth-order valence-electron chi connectivity index (χ4n) is 1.19. The zero-order valence-corrected chi connectivity index (χ0v) is 10.5. The molecule has 17 heavy (non-hydrogen) atoms. The van der Waals surface area contributed by atoms with Crippen molar-refractivity contribution in [3.63, 3.8) is 0 Å². The molecule has 0 radical (unpaired) electrons. The first kappa shape index (κ1) is 13.8. The Kier molecular flexibility index (Phi) is 4.77. The van der Waals surface area contributed by atoms with E-state index in [0.717, 1.165) is 11.8 Å². The number of benzene rings is 1. The molecule has 0 fully saturated rings. The van der Waals surface area contributed by atoms with Crippen molar-refractivity contribution in [2.24, 2.45) is 0 Å². The first-order chi connectivity index (χ1) is 7.95. The Morgan fingerprint density at radius 3 is 2.76 bits per heavy atom. The van der Waals surface area contributed by atoms with Crippen LogP contribution >= 0.6 is 23.4 Å². The average Bonchev–Trinajstić information content (AvgIpc) is 2.26. The number of nitro benzene ring substituents is 1. The van der Waals surface area contributed by atoms with Crippen LogP contribution in [0.3, 0.4) is 0 Å².